The molecule has 0 radical (unpaired) electrons. The predicted molar refractivity (Wildman–Crippen MR) is 152 cm³/mol. The quantitative estimate of drug-likeness (QED) is 0.390. The third-order valence-electron chi connectivity index (χ3n) is 8.06. The van der Waals surface area contributed by atoms with Crippen LogP contribution < -0.4 is 24.8 Å². The van der Waals surface area contributed by atoms with E-state index in [1.165, 1.54) is 23.1 Å². The van der Waals surface area contributed by atoms with Gasteiger partial charge in [0.2, 0.25) is 0 Å². The molecular weight excluding hydrogens is 543 g/mol. The maximum absolute atomic E-state index is 2.63. The van der Waals surface area contributed by atoms with Crippen molar-refractivity contribution in [3.05, 3.63) is 106 Å². The molecule has 0 aromatic heterocycles. The second-order valence-corrected chi connectivity index (χ2v) is 22.9. The molecule has 5 rings (SSSR count). The summed E-state index contributed by atoms with van der Waals surface area (Å²) in [5.41, 5.74) is 14.1. The SMILES string of the molecule is CCC1=Cc2c(-c3ccccc3)cccc2[CH]1[Ti+2]([CH]1C(CC)=Cc2c(C(C)C)cccc21)=[Si](C)C.[Cl-].[Cl-]. The fourth-order valence-corrected chi connectivity index (χ4v) is 20.3. The molecule has 2 unspecified atom stereocenters. The van der Waals surface area contributed by atoms with Crippen LogP contribution in [0.3, 0.4) is 0 Å². The van der Waals surface area contributed by atoms with Gasteiger partial charge in [-0.05, 0) is 0 Å². The summed E-state index contributed by atoms with van der Waals surface area (Å²) < 4.78 is 1.38. The number of fused-ring (bicyclic) bond motifs is 2. The molecule has 0 nitrogen and oxygen atoms in total. The normalized spacial score (nSPS) is 17.0. The Labute approximate surface area is 243 Å². The van der Waals surface area contributed by atoms with Crippen LogP contribution in [-0.2, 0) is 16.6 Å². The molecule has 0 N–H and O–H groups in total. The van der Waals surface area contributed by atoms with E-state index in [4.69, 9.17) is 0 Å². The summed E-state index contributed by atoms with van der Waals surface area (Å²) in [6.07, 6.45) is 7.11. The molecule has 3 aromatic rings. The van der Waals surface area contributed by atoms with Gasteiger partial charge in [0.15, 0.2) is 0 Å². The third kappa shape index (κ3) is 5.41. The second-order valence-electron chi connectivity index (χ2n) is 10.6. The molecule has 0 heterocycles. The molecule has 192 valence electrons. The van der Waals surface area contributed by atoms with Crippen molar-refractivity contribution in [1.29, 1.82) is 0 Å². The van der Waals surface area contributed by atoms with Crippen LogP contribution in [0.4, 0.5) is 0 Å². The first-order valence-electron chi connectivity index (χ1n) is 13.4. The van der Waals surface area contributed by atoms with Crippen molar-refractivity contribution in [1.82, 2.24) is 0 Å². The van der Waals surface area contributed by atoms with Crippen molar-refractivity contribution in [2.75, 3.05) is 0 Å². The number of hydrogen-bond acceptors (Lipinski definition) is 0. The molecule has 3 aromatic carbocycles. The Hall–Kier alpha value is -1.35. The second kappa shape index (κ2) is 12.7. The average Bonchev–Trinajstić information content (AvgIpc) is 3.43. The summed E-state index contributed by atoms with van der Waals surface area (Å²) in [7, 11) is 0. The minimum atomic E-state index is -1.62. The molecule has 0 spiro atoms. The summed E-state index contributed by atoms with van der Waals surface area (Å²) >= 11 is -1.62. The zero-order valence-corrected chi connectivity index (χ0v) is 27.0. The van der Waals surface area contributed by atoms with E-state index in [9.17, 15) is 0 Å². The van der Waals surface area contributed by atoms with E-state index in [0.717, 1.165) is 6.42 Å². The zero-order chi connectivity index (χ0) is 24.7. The molecule has 0 bridgehead atoms. The van der Waals surface area contributed by atoms with Gasteiger partial charge in [0.25, 0.3) is 0 Å². The Morgan fingerprint density at radius 3 is 1.78 bits per heavy atom. The van der Waals surface area contributed by atoms with Crippen LogP contribution >= 0.6 is 0 Å². The van der Waals surface area contributed by atoms with Crippen LogP contribution in [0.15, 0.2) is 77.9 Å². The number of allylic oxidation sites excluding steroid dienone is 2. The Kier molecular flexibility index (Phi) is 10.3. The van der Waals surface area contributed by atoms with Crippen LogP contribution in [0.2, 0.25) is 13.1 Å². The summed E-state index contributed by atoms with van der Waals surface area (Å²) in [4.78, 5) is 0. The molecule has 0 saturated heterocycles. The minimum absolute atomic E-state index is 0. The first-order chi connectivity index (χ1) is 17.0. The zero-order valence-electron chi connectivity index (χ0n) is 22.9. The number of hydrogen-bond donors (Lipinski definition) is 0. The fraction of sp³-hybridized carbons (Fsp3) is 0.333. The van der Waals surface area contributed by atoms with E-state index < -0.39 is 22.8 Å². The summed E-state index contributed by atoms with van der Waals surface area (Å²) in [5.74, 6) is 0.571. The molecule has 0 aliphatic heterocycles. The van der Waals surface area contributed by atoms with E-state index in [1.54, 1.807) is 33.4 Å². The predicted octanol–water partition coefficient (Wildman–Crippen LogP) is 3.75. The van der Waals surface area contributed by atoms with Gasteiger partial charge in [0.05, 0.1) is 0 Å². The first kappa shape index (κ1) is 30.2. The monoisotopic (exact) mass is 580 g/mol. The summed E-state index contributed by atoms with van der Waals surface area (Å²) in [5, 5.41) is 0. The van der Waals surface area contributed by atoms with Crippen molar-refractivity contribution in [2.24, 2.45) is 0 Å². The average molecular weight is 582 g/mol. The Balaban J connectivity index is 0.00000190. The minimum Gasteiger partial charge on any atom is -1.00 e. The van der Waals surface area contributed by atoms with Gasteiger partial charge in [-0.3, -0.25) is 0 Å². The van der Waals surface area contributed by atoms with E-state index in [1.807, 2.05) is 0 Å². The van der Waals surface area contributed by atoms with Crippen LogP contribution in [-0.4, -0.2) is 6.19 Å². The molecule has 37 heavy (non-hydrogen) atoms. The maximum Gasteiger partial charge on any atom is -1.00 e. The van der Waals surface area contributed by atoms with E-state index in [-0.39, 0.29) is 24.8 Å². The van der Waals surface area contributed by atoms with Crippen molar-refractivity contribution in [2.45, 2.75) is 68.0 Å². The molecule has 2 aliphatic carbocycles. The van der Waals surface area contributed by atoms with Crippen molar-refractivity contribution < 1.29 is 41.4 Å². The number of rotatable bonds is 6. The Bertz CT molecular complexity index is 1360. The molecule has 0 amide bonds. The van der Waals surface area contributed by atoms with Crippen molar-refractivity contribution in [3.63, 3.8) is 0 Å². The van der Waals surface area contributed by atoms with Crippen molar-refractivity contribution in [3.8, 4) is 11.1 Å². The Morgan fingerprint density at radius 1 is 0.703 bits per heavy atom. The van der Waals surface area contributed by atoms with E-state index >= 15 is 0 Å². The summed E-state index contributed by atoms with van der Waals surface area (Å²) in [6.45, 7) is 14.7. The van der Waals surface area contributed by atoms with Gasteiger partial charge in [-0.2, -0.15) is 0 Å². The van der Waals surface area contributed by atoms with Crippen LogP contribution in [0.25, 0.3) is 23.3 Å². The molecule has 4 heteroatoms. The fourth-order valence-electron chi connectivity index (χ4n) is 6.42. The molecule has 0 fully saturated rings. The number of halogens is 2. The van der Waals surface area contributed by atoms with Crippen LogP contribution in [0.5, 0.6) is 0 Å². The topological polar surface area (TPSA) is 0 Å². The van der Waals surface area contributed by atoms with Crippen LogP contribution in [0.1, 0.15) is 82.7 Å². The van der Waals surface area contributed by atoms with Crippen LogP contribution in [0, 0.1) is 0 Å². The molecule has 0 saturated carbocycles. The van der Waals surface area contributed by atoms with Gasteiger partial charge in [-0.15, -0.1) is 0 Å². The molecule has 2 aliphatic rings. The summed E-state index contributed by atoms with van der Waals surface area (Å²) in [6, 6.07) is 25.3. The number of benzene rings is 3. The third-order valence-corrected chi connectivity index (χ3v) is 21.1. The smallest absolute Gasteiger partial charge is 1.00 e. The van der Waals surface area contributed by atoms with E-state index in [0.29, 0.717) is 14.4 Å². The van der Waals surface area contributed by atoms with Gasteiger partial charge >= 0.3 is 220 Å². The largest absolute Gasteiger partial charge is 1.00 e. The molecular formula is C33H38Cl2SiTi. The standard InChI is InChI=1S/C17H15.C14H17.C2H6Si.2ClH.Ti/c1-2-13-11-15-9-6-10-16(17(15)12-13)14-7-4-3-5-8-14;1-4-11-8-12-6-5-7-13(10(2)3)14(12)9-11;1-3-2;;;/h3-12H,2H2,1H3;5-10H,4H2,1-3H3;1-2H3;2*1H;/q;;;;;+2/p-2. The maximum atomic E-state index is 2.63. The van der Waals surface area contributed by atoms with Gasteiger partial charge < -0.3 is 24.8 Å². The van der Waals surface area contributed by atoms with Gasteiger partial charge in [0, 0.05) is 0 Å². The first-order valence-corrected chi connectivity index (χ1v) is 20.0. The van der Waals surface area contributed by atoms with E-state index in [2.05, 4.69) is 120 Å². The van der Waals surface area contributed by atoms with Crippen molar-refractivity contribution >= 4 is 18.3 Å². The van der Waals surface area contributed by atoms with Gasteiger partial charge in [0.1, 0.15) is 0 Å². The molecule has 2 atom stereocenters. The Morgan fingerprint density at radius 2 is 1.24 bits per heavy atom. The van der Waals surface area contributed by atoms with Gasteiger partial charge in [-0.1, -0.05) is 0 Å². The van der Waals surface area contributed by atoms with Gasteiger partial charge in [-0.25, -0.2) is 0 Å².